The summed E-state index contributed by atoms with van der Waals surface area (Å²) in [7, 11) is 3.14. The lowest BCUT2D eigenvalue weighted by molar-refractivity contribution is 0.0937. The molecule has 0 unspecified atom stereocenters. The highest BCUT2D eigenvalue weighted by Crippen LogP contribution is 2.27. The molecule has 0 fully saturated rings. The fourth-order valence-electron chi connectivity index (χ4n) is 2.19. The highest BCUT2D eigenvalue weighted by atomic mass is 16.5. The first kappa shape index (κ1) is 17.3. The van der Waals surface area contributed by atoms with Crippen LogP contribution in [0.4, 0.5) is 0 Å². The van der Waals surface area contributed by atoms with Crippen LogP contribution in [0.25, 0.3) is 0 Å². The lowest BCUT2D eigenvalue weighted by Gasteiger charge is -2.15. The minimum atomic E-state index is -0.0759. The van der Waals surface area contributed by atoms with E-state index in [1.807, 2.05) is 6.92 Å². The number of methoxy groups -OCH3 is 2. The van der Waals surface area contributed by atoms with E-state index in [2.05, 4.69) is 19.2 Å². The third-order valence-electron chi connectivity index (χ3n) is 3.44. The molecule has 4 heteroatoms. The number of carbonyl (C=O) groups is 1. The van der Waals surface area contributed by atoms with E-state index in [4.69, 9.17) is 9.47 Å². The second kappa shape index (κ2) is 8.55. The van der Waals surface area contributed by atoms with Gasteiger partial charge in [0.15, 0.2) is 11.5 Å². The summed E-state index contributed by atoms with van der Waals surface area (Å²) in [5.74, 6) is 1.82. The summed E-state index contributed by atoms with van der Waals surface area (Å²) < 4.78 is 10.4. The zero-order valence-corrected chi connectivity index (χ0v) is 13.7. The predicted molar refractivity (Wildman–Crippen MR) is 85.2 cm³/mol. The number of benzene rings is 1. The molecule has 1 rings (SSSR count). The summed E-state index contributed by atoms with van der Waals surface area (Å²) in [5, 5.41) is 3.02. The average molecular weight is 293 g/mol. The van der Waals surface area contributed by atoms with E-state index in [0.29, 0.717) is 23.0 Å². The summed E-state index contributed by atoms with van der Waals surface area (Å²) in [6.45, 7) is 6.47. The molecule has 0 radical (unpaired) electrons. The lowest BCUT2D eigenvalue weighted by Crippen LogP contribution is -2.32. The van der Waals surface area contributed by atoms with E-state index in [1.165, 1.54) is 6.42 Å². The van der Waals surface area contributed by atoms with Crippen LogP contribution in [0.5, 0.6) is 11.5 Å². The first-order chi connectivity index (χ1) is 9.97. The maximum atomic E-state index is 12.2. The first-order valence-corrected chi connectivity index (χ1v) is 7.50. The first-order valence-electron chi connectivity index (χ1n) is 7.50. The zero-order valence-electron chi connectivity index (χ0n) is 13.7. The molecular weight excluding hydrogens is 266 g/mol. The molecule has 0 heterocycles. The molecule has 21 heavy (non-hydrogen) atoms. The second-order valence-electron chi connectivity index (χ2n) is 5.77. The number of hydrogen-bond donors (Lipinski definition) is 1. The molecule has 0 aliphatic carbocycles. The van der Waals surface area contributed by atoms with Crippen molar-refractivity contribution in [2.45, 2.75) is 46.1 Å². The van der Waals surface area contributed by atoms with Gasteiger partial charge in [0, 0.05) is 11.6 Å². The van der Waals surface area contributed by atoms with Gasteiger partial charge in [-0.1, -0.05) is 26.7 Å². The molecule has 4 nitrogen and oxygen atoms in total. The van der Waals surface area contributed by atoms with Gasteiger partial charge in [0.1, 0.15) is 0 Å². The second-order valence-corrected chi connectivity index (χ2v) is 5.77. The Morgan fingerprint density at radius 1 is 1.10 bits per heavy atom. The van der Waals surface area contributed by atoms with E-state index in [1.54, 1.807) is 32.4 Å². The van der Waals surface area contributed by atoms with Crippen LogP contribution in [0.1, 0.15) is 50.4 Å². The Hall–Kier alpha value is -1.71. The van der Waals surface area contributed by atoms with Crippen molar-refractivity contribution in [3.8, 4) is 11.5 Å². The molecule has 0 saturated carbocycles. The molecule has 1 amide bonds. The minimum absolute atomic E-state index is 0.0759. The number of nitrogens with one attached hydrogen (secondary N) is 1. The van der Waals surface area contributed by atoms with Gasteiger partial charge in [-0.05, 0) is 37.5 Å². The van der Waals surface area contributed by atoms with Gasteiger partial charge in [0.05, 0.1) is 14.2 Å². The van der Waals surface area contributed by atoms with Crippen LogP contribution < -0.4 is 14.8 Å². The van der Waals surface area contributed by atoms with Crippen molar-refractivity contribution in [2.24, 2.45) is 5.92 Å². The maximum absolute atomic E-state index is 12.2. The smallest absolute Gasteiger partial charge is 0.251 e. The van der Waals surface area contributed by atoms with Crippen molar-refractivity contribution in [3.05, 3.63) is 23.8 Å². The topological polar surface area (TPSA) is 47.6 Å². The summed E-state index contributed by atoms with van der Waals surface area (Å²) in [6.07, 6.45) is 3.32. The monoisotopic (exact) mass is 293 g/mol. The number of amides is 1. The largest absolute Gasteiger partial charge is 0.493 e. The van der Waals surface area contributed by atoms with Crippen LogP contribution in [0, 0.1) is 5.92 Å². The van der Waals surface area contributed by atoms with Gasteiger partial charge >= 0.3 is 0 Å². The number of rotatable bonds is 8. The Morgan fingerprint density at radius 3 is 2.33 bits per heavy atom. The van der Waals surface area contributed by atoms with Gasteiger partial charge in [-0.15, -0.1) is 0 Å². The number of carbonyl (C=O) groups excluding carboxylic acids is 1. The predicted octanol–water partition coefficient (Wildman–Crippen LogP) is 3.65. The zero-order chi connectivity index (χ0) is 15.8. The highest BCUT2D eigenvalue weighted by molar-refractivity contribution is 5.95. The van der Waals surface area contributed by atoms with Crippen LogP contribution in [0.3, 0.4) is 0 Å². The Balaban J connectivity index is 2.58. The Kier molecular flexibility index (Phi) is 7.06. The van der Waals surface area contributed by atoms with Crippen LogP contribution >= 0.6 is 0 Å². The van der Waals surface area contributed by atoms with E-state index in [0.717, 1.165) is 12.8 Å². The van der Waals surface area contributed by atoms with Crippen molar-refractivity contribution in [1.29, 1.82) is 0 Å². The molecule has 0 spiro atoms. The van der Waals surface area contributed by atoms with Crippen LogP contribution in [-0.2, 0) is 0 Å². The molecule has 0 aliphatic rings. The van der Waals surface area contributed by atoms with E-state index < -0.39 is 0 Å². The van der Waals surface area contributed by atoms with Gasteiger partial charge in [-0.2, -0.15) is 0 Å². The molecule has 118 valence electrons. The highest BCUT2D eigenvalue weighted by Gasteiger charge is 2.13. The van der Waals surface area contributed by atoms with Crippen molar-refractivity contribution in [2.75, 3.05) is 14.2 Å². The molecule has 0 saturated heterocycles. The third-order valence-corrected chi connectivity index (χ3v) is 3.44. The van der Waals surface area contributed by atoms with Crippen LogP contribution in [0.15, 0.2) is 18.2 Å². The van der Waals surface area contributed by atoms with Crippen LogP contribution in [-0.4, -0.2) is 26.2 Å². The molecular formula is C17H27NO3. The normalized spacial score (nSPS) is 12.1. The molecule has 1 aromatic carbocycles. The van der Waals surface area contributed by atoms with Crippen molar-refractivity contribution < 1.29 is 14.3 Å². The van der Waals surface area contributed by atoms with Gasteiger partial charge in [0.2, 0.25) is 0 Å². The molecule has 1 N–H and O–H groups in total. The van der Waals surface area contributed by atoms with Gasteiger partial charge in [-0.25, -0.2) is 0 Å². The van der Waals surface area contributed by atoms with Crippen LogP contribution in [0.2, 0.25) is 0 Å². The summed E-state index contributed by atoms with van der Waals surface area (Å²) in [6, 6.07) is 5.37. The van der Waals surface area contributed by atoms with Gasteiger partial charge in [0.25, 0.3) is 5.91 Å². The third kappa shape index (κ3) is 5.66. The quantitative estimate of drug-likeness (QED) is 0.796. The fraction of sp³-hybridized carbons (Fsp3) is 0.588. The Labute approximate surface area is 127 Å². The van der Waals surface area contributed by atoms with E-state index in [9.17, 15) is 4.79 Å². The molecule has 1 aromatic rings. The van der Waals surface area contributed by atoms with Crippen molar-refractivity contribution >= 4 is 5.91 Å². The van der Waals surface area contributed by atoms with Crippen molar-refractivity contribution in [3.63, 3.8) is 0 Å². The minimum Gasteiger partial charge on any atom is -0.493 e. The standard InChI is InChI=1S/C17H27NO3/c1-12(2)7-6-8-13(3)18-17(19)14-9-10-15(20-4)16(11-14)21-5/h9-13H,6-8H2,1-5H3,(H,18,19)/t13-/m1/s1. The Bertz CT molecular complexity index is 457. The van der Waals surface area contributed by atoms with E-state index in [-0.39, 0.29) is 11.9 Å². The molecule has 1 atom stereocenters. The molecule has 0 aliphatic heterocycles. The molecule has 0 bridgehead atoms. The number of hydrogen-bond acceptors (Lipinski definition) is 3. The number of ether oxygens (including phenoxy) is 2. The maximum Gasteiger partial charge on any atom is 0.251 e. The lowest BCUT2D eigenvalue weighted by atomic mass is 10.0. The summed E-state index contributed by atoms with van der Waals surface area (Å²) in [5.41, 5.74) is 0.586. The van der Waals surface area contributed by atoms with Gasteiger partial charge in [-0.3, -0.25) is 4.79 Å². The molecule has 0 aromatic heterocycles. The average Bonchev–Trinajstić information content (AvgIpc) is 2.45. The van der Waals surface area contributed by atoms with Crippen molar-refractivity contribution in [1.82, 2.24) is 5.32 Å². The summed E-state index contributed by atoms with van der Waals surface area (Å²) >= 11 is 0. The van der Waals surface area contributed by atoms with Gasteiger partial charge < -0.3 is 14.8 Å². The Morgan fingerprint density at radius 2 is 1.76 bits per heavy atom. The SMILES string of the molecule is COc1ccc(C(=O)N[C@H](C)CCCC(C)C)cc1OC. The summed E-state index contributed by atoms with van der Waals surface area (Å²) in [4.78, 5) is 12.2. The van der Waals surface area contributed by atoms with E-state index >= 15 is 0 Å². The fourth-order valence-corrected chi connectivity index (χ4v) is 2.19.